The van der Waals surface area contributed by atoms with E-state index in [-0.39, 0.29) is 17.0 Å². The first-order valence-electron chi connectivity index (χ1n) is 8.97. The van der Waals surface area contributed by atoms with Crippen molar-refractivity contribution in [2.45, 2.75) is 19.8 Å². The van der Waals surface area contributed by atoms with Gasteiger partial charge in [-0.25, -0.2) is 0 Å². The van der Waals surface area contributed by atoms with Crippen molar-refractivity contribution < 1.29 is 4.79 Å². The quantitative estimate of drug-likeness (QED) is 0.880. The van der Waals surface area contributed by atoms with Gasteiger partial charge in [0.25, 0.3) is 11.5 Å². The number of carbonyl (C=O) groups is 1. The molecule has 5 nitrogen and oxygen atoms in total. The molecule has 0 saturated carbocycles. The summed E-state index contributed by atoms with van der Waals surface area (Å²) in [4.78, 5) is 29.7. The molecule has 5 heteroatoms. The number of pyridine rings is 1. The first kappa shape index (κ1) is 17.4. The molecule has 25 heavy (non-hydrogen) atoms. The van der Waals surface area contributed by atoms with Crippen molar-refractivity contribution in [3.8, 4) is 11.3 Å². The molecular formula is C20H25N3O2. The molecule has 1 saturated heterocycles. The molecule has 1 aromatic carbocycles. The Hall–Kier alpha value is -2.40. The average Bonchev–Trinajstić information content (AvgIpc) is 2.67. The first-order chi connectivity index (χ1) is 12.2. The Bertz CT molecular complexity index is 762. The van der Waals surface area contributed by atoms with Crippen molar-refractivity contribution in [1.82, 2.24) is 15.2 Å². The van der Waals surface area contributed by atoms with E-state index in [4.69, 9.17) is 0 Å². The Morgan fingerprint density at radius 2 is 1.88 bits per heavy atom. The second-order valence-corrected chi connectivity index (χ2v) is 6.52. The van der Waals surface area contributed by atoms with Crippen molar-refractivity contribution >= 4 is 5.91 Å². The van der Waals surface area contributed by atoms with Crippen LogP contribution >= 0.6 is 0 Å². The van der Waals surface area contributed by atoms with E-state index >= 15 is 0 Å². The van der Waals surface area contributed by atoms with Gasteiger partial charge in [-0.2, -0.15) is 0 Å². The molecule has 3 rings (SSSR count). The Morgan fingerprint density at radius 3 is 2.52 bits per heavy atom. The van der Waals surface area contributed by atoms with E-state index in [1.54, 1.807) is 11.0 Å². The van der Waals surface area contributed by atoms with E-state index in [9.17, 15) is 9.59 Å². The van der Waals surface area contributed by atoms with Gasteiger partial charge in [0.05, 0.1) is 0 Å². The van der Waals surface area contributed by atoms with Crippen LogP contribution in [0.1, 0.15) is 30.1 Å². The molecule has 0 radical (unpaired) electrons. The number of amides is 1. The van der Waals surface area contributed by atoms with Gasteiger partial charge >= 0.3 is 0 Å². The number of aromatic nitrogens is 1. The molecule has 2 aromatic rings. The highest BCUT2D eigenvalue weighted by Crippen LogP contribution is 2.19. The number of nitrogens with zero attached hydrogens (tertiary/aromatic N) is 1. The van der Waals surface area contributed by atoms with Crippen LogP contribution < -0.4 is 10.9 Å². The highest BCUT2D eigenvalue weighted by atomic mass is 16.2. The molecule has 1 aromatic heterocycles. The molecule has 132 valence electrons. The SMILES string of the molecule is CCNCC1CCN(C(=O)c2ccc(-c3ccccc3)[nH]c2=O)CC1. The molecule has 1 aliphatic heterocycles. The number of nitrogens with one attached hydrogen (secondary N) is 2. The zero-order chi connectivity index (χ0) is 17.6. The number of hydrogen-bond acceptors (Lipinski definition) is 3. The lowest BCUT2D eigenvalue weighted by Gasteiger charge is -2.32. The third-order valence-corrected chi connectivity index (χ3v) is 4.81. The summed E-state index contributed by atoms with van der Waals surface area (Å²) < 4.78 is 0. The summed E-state index contributed by atoms with van der Waals surface area (Å²) in [5, 5.41) is 3.37. The molecule has 0 bridgehead atoms. The number of carbonyl (C=O) groups excluding carboxylic acids is 1. The van der Waals surface area contributed by atoms with Crippen molar-refractivity contribution in [1.29, 1.82) is 0 Å². The summed E-state index contributed by atoms with van der Waals surface area (Å²) in [6.45, 7) is 5.51. The molecular weight excluding hydrogens is 314 g/mol. The number of likely N-dealkylation sites (tertiary alicyclic amines) is 1. The van der Waals surface area contributed by atoms with E-state index in [0.29, 0.717) is 5.92 Å². The normalized spacial score (nSPS) is 15.3. The molecule has 0 aliphatic carbocycles. The van der Waals surface area contributed by atoms with E-state index in [1.807, 2.05) is 36.4 Å². The summed E-state index contributed by atoms with van der Waals surface area (Å²) in [7, 11) is 0. The van der Waals surface area contributed by atoms with Crippen LogP contribution in [0.15, 0.2) is 47.3 Å². The second-order valence-electron chi connectivity index (χ2n) is 6.52. The lowest BCUT2D eigenvalue weighted by molar-refractivity contribution is 0.0688. The Kier molecular flexibility index (Phi) is 5.66. The molecule has 0 atom stereocenters. The number of hydrogen-bond donors (Lipinski definition) is 2. The monoisotopic (exact) mass is 339 g/mol. The van der Waals surface area contributed by atoms with E-state index < -0.39 is 0 Å². The molecule has 2 N–H and O–H groups in total. The van der Waals surface area contributed by atoms with Gasteiger partial charge in [0.2, 0.25) is 0 Å². The molecule has 0 unspecified atom stereocenters. The lowest BCUT2D eigenvalue weighted by Crippen LogP contribution is -2.42. The second kappa shape index (κ2) is 8.12. The van der Waals surface area contributed by atoms with Crippen molar-refractivity contribution in [3.63, 3.8) is 0 Å². The highest BCUT2D eigenvalue weighted by Gasteiger charge is 2.24. The minimum absolute atomic E-state index is 0.164. The smallest absolute Gasteiger partial charge is 0.261 e. The predicted molar refractivity (Wildman–Crippen MR) is 99.7 cm³/mol. The number of benzene rings is 1. The maximum Gasteiger partial charge on any atom is 0.261 e. The Morgan fingerprint density at radius 1 is 1.16 bits per heavy atom. The predicted octanol–water partition coefficient (Wildman–Crippen LogP) is 2.50. The Balaban J connectivity index is 1.68. The van der Waals surface area contributed by atoms with Crippen LogP contribution in [0, 0.1) is 5.92 Å². The topological polar surface area (TPSA) is 65.2 Å². The van der Waals surface area contributed by atoms with E-state index in [0.717, 1.165) is 50.3 Å². The first-order valence-corrected chi connectivity index (χ1v) is 8.97. The van der Waals surface area contributed by atoms with Crippen LogP contribution in [0.3, 0.4) is 0 Å². The van der Waals surface area contributed by atoms with Gasteiger partial charge in [-0.05, 0) is 49.5 Å². The summed E-state index contributed by atoms with van der Waals surface area (Å²) >= 11 is 0. The third kappa shape index (κ3) is 4.17. The summed E-state index contributed by atoms with van der Waals surface area (Å²) in [6, 6.07) is 13.1. The Labute approximate surface area is 148 Å². The zero-order valence-corrected chi connectivity index (χ0v) is 14.6. The van der Waals surface area contributed by atoms with Crippen molar-refractivity contribution in [2.75, 3.05) is 26.2 Å². The largest absolute Gasteiger partial charge is 0.338 e. The molecule has 2 heterocycles. The average molecular weight is 339 g/mol. The standard InChI is InChI=1S/C20H25N3O2/c1-2-21-14-15-10-12-23(13-11-15)20(25)17-8-9-18(22-19(17)24)16-6-4-3-5-7-16/h3-9,15,21H,2,10-14H2,1H3,(H,22,24). The lowest BCUT2D eigenvalue weighted by atomic mass is 9.96. The van der Waals surface area contributed by atoms with Gasteiger partial charge in [0.1, 0.15) is 5.56 Å². The zero-order valence-electron chi connectivity index (χ0n) is 14.6. The minimum atomic E-state index is -0.318. The summed E-state index contributed by atoms with van der Waals surface area (Å²) in [6.07, 6.45) is 1.97. The van der Waals surface area contributed by atoms with Crippen LogP contribution in [-0.2, 0) is 0 Å². The summed E-state index contributed by atoms with van der Waals surface area (Å²) in [5.74, 6) is 0.450. The molecule has 1 amide bonds. The van der Waals surface area contributed by atoms with Crippen LogP contribution in [0.2, 0.25) is 0 Å². The third-order valence-electron chi connectivity index (χ3n) is 4.81. The van der Waals surface area contributed by atoms with E-state index in [2.05, 4.69) is 17.2 Å². The number of H-pyrrole nitrogens is 1. The van der Waals surface area contributed by atoms with Crippen molar-refractivity contribution in [3.05, 3.63) is 58.4 Å². The molecule has 1 aliphatic rings. The van der Waals surface area contributed by atoms with Gasteiger partial charge < -0.3 is 15.2 Å². The van der Waals surface area contributed by atoms with Crippen molar-refractivity contribution in [2.24, 2.45) is 5.92 Å². The van der Waals surface area contributed by atoms with Gasteiger partial charge in [-0.1, -0.05) is 37.3 Å². The fourth-order valence-corrected chi connectivity index (χ4v) is 3.29. The number of piperidine rings is 1. The minimum Gasteiger partial charge on any atom is -0.338 e. The van der Waals surface area contributed by atoms with Gasteiger partial charge in [-0.15, -0.1) is 0 Å². The van der Waals surface area contributed by atoms with Crippen LogP contribution in [0.5, 0.6) is 0 Å². The van der Waals surface area contributed by atoms with Gasteiger partial charge in [0, 0.05) is 18.8 Å². The van der Waals surface area contributed by atoms with Crippen LogP contribution in [0.4, 0.5) is 0 Å². The van der Waals surface area contributed by atoms with E-state index in [1.165, 1.54) is 0 Å². The number of rotatable bonds is 5. The van der Waals surface area contributed by atoms with Crippen LogP contribution in [-0.4, -0.2) is 42.0 Å². The van der Waals surface area contributed by atoms with Gasteiger partial charge in [-0.3, -0.25) is 9.59 Å². The fourth-order valence-electron chi connectivity index (χ4n) is 3.29. The fraction of sp³-hybridized carbons (Fsp3) is 0.400. The van der Waals surface area contributed by atoms with Gasteiger partial charge in [0.15, 0.2) is 0 Å². The molecule has 0 spiro atoms. The highest BCUT2D eigenvalue weighted by molar-refractivity contribution is 5.94. The summed E-state index contributed by atoms with van der Waals surface area (Å²) in [5.41, 5.74) is 1.57. The number of aromatic amines is 1. The molecule has 1 fully saturated rings. The maximum absolute atomic E-state index is 12.7. The maximum atomic E-state index is 12.7. The van der Waals surface area contributed by atoms with Crippen LogP contribution in [0.25, 0.3) is 11.3 Å².